The molecule has 1 heterocycles. The van der Waals surface area contributed by atoms with Gasteiger partial charge < -0.3 is 16.8 Å². The molecule has 2 amide bonds. The number of hydrogen-bond donors (Lipinski definition) is 3. The highest BCUT2D eigenvalue weighted by Gasteiger charge is 2.04. The van der Waals surface area contributed by atoms with Crippen molar-refractivity contribution in [1.82, 2.24) is 10.3 Å². The lowest BCUT2D eigenvalue weighted by Crippen LogP contribution is -2.27. The fourth-order valence-corrected chi connectivity index (χ4v) is 0.888. The van der Waals surface area contributed by atoms with Gasteiger partial charge in [0.15, 0.2) is 5.11 Å². The van der Waals surface area contributed by atoms with Gasteiger partial charge >= 0.3 is 0 Å². The van der Waals surface area contributed by atoms with Crippen LogP contribution in [0.2, 0.25) is 5.15 Å². The summed E-state index contributed by atoms with van der Waals surface area (Å²) in [6, 6.07) is 3.13. The van der Waals surface area contributed by atoms with Crippen molar-refractivity contribution in [1.29, 1.82) is 0 Å². The van der Waals surface area contributed by atoms with Gasteiger partial charge in [-0.2, -0.15) is 0 Å². The molecule has 0 spiro atoms. The highest BCUT2D eigenvalue weighted by atomic mass is 35.5. The number of nitrogens with two attached hydrogens (primary N) is 2. The number of pyridine rings is 1. The van der Waals surface area contributed by atoms with Crippen LogP contribution in [-0.2, 0) is 4.79 Å². The van der Waals surface area contributed by atoms with Crippen LogP contribution in [0.15, 0.2) is 18.3 Å². The number of aromatic nitrogens is 1. The molecule has 16 heavy (non-hydrogen) atoms. The zero-order valence-electron chi connectivity index (χ0n) is 8.01. The zero-order chi connectivity index (χ0) is 12.6. The summed E-state index contributed by atoms with van der Waals surface area (Å²) in [4.78, 5) is 23.5. The second-order valence-corrected chi connectivity index (χ2v) is 3.13. The molecule has 0 bridgehead atoms. The van der Waals surface area contributed by atoms with Gasteiger partial charge in [-0.1, -0.05) is 11.6 Å². The lowest BCUT2D eigenvalue weighted by molar-refractivity contribution is -0.108. The van der Waals surface area contributed by atoms with Crippen LogP contribution >= 0.6 is 23.8 Å². The maximum atomic E-state index is 10.5. The number of carbonyl (C=O) groups is 2. The van der Waals surface area contributed by atoms with Gasteiger partial charge in [-0.3, -0.25) is 9.59 Å². The third-order valence-electron chi connectivity index (χ3n) is 1.23. The van der Waals surface area contributed by atoms with Crippen molar-refractivity contribution in [2.45, 2.75) is 0 Å². The van der Waals surface area contributed by atoms with E-state index in [2.05, 4.69) is 17.2 Å². The molecule has 1 rings (SSSR count). The monoisotopic (exact) mass is 260 g/mol. The van der Waals surface area contributed by atoms with Crippen LogP contribution in [-0.4, -0.2) is 22.4 Å². The Balaban J connectivity index is 0.000000325. The van der Waals surface area contributed by atoms with Crippen molar-refractivity contribution in [3.8, 4) is 0 Å². The van der Waals surface area contributed by atoms with Gasteiger partial charge in [-0.25, -0.2) is 4.98 Å². The molecule has 0 atom stereocenters. The average Bonchev–Trinajstić information content (AvgIpc) is 2.18. The third-order valence-corrected chi connectivity index (χ3v) is 1.64. The minimum atomic E-state index is -0.557. The van der Waals surface area contributed by atoms with Crippen molar-refractivity contribution in [3.63, 3.8) is 0 Å². The Hall–Kier alpha value is -1.73. The van der Waals surface area contributed by atoms with Gasteiger partial charge in [-0.15, -0.1) is 0 Å². The quantitative estimate of drug-likeness (QED) is 0.388. The summed E-state index contributed by atoms with van der Waals surface area (Å²) in [5, 5.41) is 2.19. The van der Waals surface area contributed by atoms with E-state index in [1.54, 1.807) is 6.07 Å². The smallest absolute Gasteiger partial charge is 0.251 e. The van der Waals surface area contributed by atoms with Crippen LogP contribution in [0.3, 0.4) is 0 Å². The maximum absolute atomic E-state index is 10.5. The van der Waals surface area contributed by atoms with Crippen molar-refractivity contribution >= 4 is 41.2 Å². The van der Waals surface area contributed by atoms with Crippen molar-refractivity contribution in [3.05, 3.63) is 29.0 Å². The van der Waals surface area contributed by atoms with Gasteiger partial charge in [0, 0.05) is 6.20 Å². The normalized spacial score (nSPS) is 8.31. The fraction of sp³-hybridized carbons (Fsp3) is 0. The first kappa shape index (κ1) is 14.3. The highest BCUT2D eigenvalue weighted by Crippen LogP contribution is 2.09. The van der Waals surface area contributed by atoms with E-state index in [9.17, 15) is 9.59 Å². The molecule has 0 saturated heterocycles. The Morgan fingerprint density at radius 3 is 2.44 bits per heavy atom. The van der Waals surface area contributed by atoms with Gasteiger partial charge in [0.25, 0.3) is 5.91 Å². The first-order chi connectivity index (χ1) is 7.49. The van der Waals surface area contributed by atoms with Crippen LogP contribution < -0.4 is 16.8 Å². The number of nitrogens with one attached hydrogen (secondary N) is 1. The number of rotatable bonds is 2. The lowest BCUT2D eigenvalue weighted by Gasteiger charge is -1.94. The molecule has 0 aliphatic heterocycles. The SMILES string of the molecule is NC(=O)c1cccnc1Cl.NC(=S)NC=O. The molecule has 1 aromatic rings. The molecular formula is C8H9ClN4O2S. The van der Waals surface area contributed by atoms with E-state index in [4.69, 9.17) is 23.1 Å². The number of hydrogen-bond acceptors (Lipinski definition) is 4. The Bertz CT molecular complexity index is 399. The van der Waals surface area contributed by atoms with Gasteiger partial charge in [0.2, 0.25) is 6.41 Å². The van der Waals surface area contributed by atoms with E-state index in [-0.39, 0.29) is 15.8 Å². The van der Waals surface area contributed by atoms with Gasteiger partial charge in [0.05, 0.1) is 5.56 Å². The molecule has 0 fully saturated rings. The van der Waals surface area contributed by atoms with E-state index < -0.39 is 5.91 Å². The van der Waals surface area contributed by atoms with E-state index in [0.717, 1.165) is 0 Å². The lowest BCUT2D eigenvalue weighted by atomic mass is 10.3. The summed E-state index contributed by atoms with van der Waals surface area (Å²) in [6.07, 6.45) is 1.93. The molecule has 6 nitrogen and oxygen atoms in total. The van der Waals surface area contributed by atoms with Crippen LogP contribution in [0.25, 0.3) is 0 Å². The van der Waals surface area contributed by atoms with Gasteiger partial charge in [-0.05, 0) is 24.4 Å². The van der Waals surface area contributed by atoms with Crippen molar-refractivity contribution < 1.29 is 9.59 Å². The van der Waals surface area contributed by atoms with Crippen LogP contribution in [0.4, 0.5) is 0 Å². The maximum Gasteiger partial charge on any atom is 0.251 e. The topological polar surface area (TPSA) is 111 Å². The third kappa shape index (κ3) is 5.89. The summed E-state index contributed by atoms with van der Waals surface area (Å²) >= 11 is 9.74. The number of carbonyl (C=O) groups excluding carboxylic acids is 2. The van der Waals surface area contributed by atoms with Crippen molar-refractivity contribution in [2.24, 2.45) is 11.5 Å². The zero-order valence-corrected chi connectivity index (χ0v) is 9.59. The molecule has 0 radical (unpaired) electrons. The fourth-order valence-electron chi connectivity index (χ4n) is 0.628. The minimum Gasteiger partial charge on any atom is -0.376 e. The van der Waals surface area contributed by atoms with E-state index in [0.29, 0.717) is 6.41 Å². The average molecular weight is 261 g/mol. The highest BCUT2D eigenvalue weighted by molar-refractivity contribution is 7.80. The van der Waals surface area contributed by atoms with Crippen LogP contribution in [0.5, 0.6) is 0 Å². The van der Waals surface area contributed by atoms with E-state index in [1.807, 2.05) is 5.32 Å². The molecule has 0 unspecified atom stereocenters. The number of nitrogens with zero attached hydrogens (tertiary/aromatic N) is 1. The Labute approximate surface area is 102 Å². The van der Waals surface area contributed by atoms with Crippen LogP contribution in [0, 0.1) is 0 Å². The standard InChI is InChI=1S/C6H5ClN2O.C2H4N2OS/c7-5-4(6(8)10)2-1-3-9-5;3-2(6)4-1-5/h1-3H,(H2,8,10);1H,(H3,3,4,5,6). The number of thiocarbonyl (C=S) groups is 1. The molecule has 0 aromatic carbocycles. The molecule has 0 saturated carbocycles. The molecule has 0 aliphatic rings. The van der Waals surface area contributed by atoms with Crippen molar-refractivity contribution in [2.75, 3.05) is 0 Å². The molecule has 1 aromatic heterocycles. The molecule has 0 aliphatic carbocycles. The number of halogens is 1. The summed E-state index contributed by atoms with van der Waals surface area (Å²) in [5.41, 5.74) is 10.00. The predicted molar refractivity (Wildman–Crippen MR) is 63.8 cm³/mol. The summed E-state index contributed by atoms with van der Waals surface area (Å²) in [7, 11) is 0. The Morgan fingerprint density at radius 1 is 1.56 bits per heavy atom. The molecule has 5 N–H and O–H groups in total. The summed E-state index contributed by atoms with van der Waals surface area (Å²) in [6.45, 7) is 0. The molecule has 8 heteroatoms. The van der Waals surface area contributed by atoms with Crippen LogP contribution in [0.1, 0.15) is 10.4 Å². The largest absolute Gasteiger partial charge is 0.376 e. The molecular weight excluding hydrogens is 252 g/mol. The molecule has 86 valence electrons. The first-order valence-electron chi connectivity index (χ1n) is 3.89. The minimum absolute atomic E-state index is 0.00463. The number of primary amides is 1. The predicted octanol–water partition coefficient (Wildman–Crippen LogP) is -0.190. The summed E-state index contributed by atoms with van der Waals surface area (Å²) in [5.74, 6) is -0.557. The first-order valence-corrected chi connectivity index (χ1v) is 4.67. The Kier molecular flexibility index (Phi) is 6.73. The Morgan fingerprint density at radius 2 is 2.19 bits per heavy atom. The van der Waals surface area contributed by atoms with E-state index >= 15 is 0 Å². The second kappa shape index (κ2) is 7.55. The number of amides is 2. The second-order valence-electron chi connectivity index (χ2n) is 2.33. The van der Waals surface area contributed by atoms with Gasteiger partial charge in [0.1, 0.15) is 5.15 Å². The van der Waals surface area contributed by atoms with E-state index in [1.165, 1.54) is 12.3 Å². The summed E-state index contributed by atoms with van der Waals surface area (Å²) < 4.78 is 0.